The van der Waals surface area contributed by atoms with Gasteiger partial charge in [-0.1, -0.05) is 48.0 Å². The molecule has 4 aromatic rings. The van der Waals surface area contributed by atoms with Gasteiger partial charge in [0.05, 0.1) is 33.3 Å². The van der Waals surface area contributed by atoms with Gasteiger partial charge in [-0.25, -0.2) is 12.8 Å². The minimum absolute atomic E-state index is 0.0473. The smallest absolute Gasteiger partial charge is 0.259 e. The normalized spacial score (nSPS) is 16.1. The number of para-hydroxylation sites is 1. The quantitative estimate of drug-likeness (QED) is 0.258. The lowest BCUT2D eigenvalue weighted by Crippen LogP contribution is -2.47. The first-order valence-electron chi connectivity index (χ1n) is 14.8. The van der Waals surface area contributed by atoms with Crippen molar-refractivity contribution in [2.24, 2.45) is 0 Å². The van der Waals surface area contributed by atoms with Crippen molar-refractivity contribution in [3.8, 4) is 0 Å². The number of piperazine rings is 1. The van der Waals surface area contributed by atoms with Gasteiger partial charge in [-0.05, 0) is 73.1 Å². The van der Waals surface area contributed by atoms with Crippen LogP contribution in [-0.4, -0.2) is 64.4 Å². The summed E-state index contributed by atoms with van der Waals surface area (Å²) >= 11 is 6.20. The molecule has 2 aliphatic heterocycles. The first-order valence-corrected chi connectivity index (χ1v) is 16.6. The first-order chi connectivity index (χ1) is 21.7. The van der Waals surface area contributed by atoms with Crippen molar-refractivity contribution in [1.29, 1.82) is 0 Å². The molecule has 1 N–H and O–H groups in total. The van der Waals surface area contributed by atoms with Gasteiger partial charge >= 0.3 is 0 Å². The van der Waals surface area contributed by atoms with Crippen LogP contribution in [0.4, 0.5) is 15.8 Å². The van der Waals surface area contributed by atoms with Gasteiger partial charge in [0.25, 0.3) is 11.8 Å². The van der Waals surface area contributed by atoms with Crippen LogP contribution in [0.2, 0.25) is 5.02 Å². The highest BCUT2D eigenvalue weighted by Crippen LogP contribution is 2.38. The molecule has 0 aliphatic carbocycles. The Hall–Kier alpha value is -4.25. The summed E-state index contributed by atoms with van der Waals surface area (Å²) in [7, 11) is -4.05. The third-order valence-electron chi connectivity index (χ3n) is 8.19. The summed E-state index contributed by atoms with van der Waals surface area (Å²) < 4.78 is 41.6. The Labute approximate surface area is 266 Å². The molecular weight excluding hydrogens is 615 g/mol. The van der Waals surface area contributed by atoms with Crippen molar-refractivity contribution in [1.82, 2.24) is 10.2 Å². The van der Waals surface area contributed by atoms with Crippen molar-refractivity contribution < 1.29 is 22.4 Å². The third kappa shape index (κ3) is 6.45. The van der Waals surface area contributed by atoms with Crippen LogP contribution in [0.15, 0.2) is 101 Å². The molecule has 232 valence electrons. The van der Waals surface area contributed by atoms with Crippen molar-refractivity contribution >= 4 is 44.6 Å². The van der Waals surface area contributed by atoms with E-state index in [0.717, 1.165) is 32.7 Å². The highest BCUT2D eigenvalue weighted by molar-refractivity contribution is 7.91. The maximum Gasteiger partial charge on any atom is 0.259 e. The van der Waals surface area contributed by atoms with Gasteiger partial charge in [-0.15, -0.1) is 0 Å². The van der Waals surface area contributed by atoms with Crippen molar-refractivity contribution in [3.63, 3.8) is 0 Å². The summed E-state index contributed by atoms with van der Waals surface area (Å²) in [5.74, 6) is -1.07. The highest BCUT2D eigenvalue weighted by Gasteiger charge is 2.36. The SMILES string of the molecule is O=C(NCCCN1CCN(c2ccccc2F)CC1)c1ccc2c(c1)N(Cc1cccc(Cl)c1)C(=O)c1ccccc1S2(=O)=O. The minimum Gasteiger partial charge on any atom is -0.367 e. The lowest BCUT2D eigenvalue weighted by atomic mass is 10.1. The fourth-order valence-corrected chi connectivity index (χ4v) is 7.69. The van der Waals surface area contributed by atoms with Crippen LogP contribution in [0, 0.1) is 5.82 Å². The summed E-state index contributed by atoms with van der Waals surface area (Å²) in [4.78, 5) is 32.7. The molecule has 6 rings (SSSR count). The van der Waals surface area contributed by atoms with E-state index < -0.39 is 15.7 Å². The van der Waals surface area contributed by atoms with Gasteiger partial charge in [0, 0.05) is 43.3 Å². The maximum atomic E-state index is 14.2. The summed E-state index contributed by atoms with van der Waals surface area (Å²) in [5, 5.41) is 3.42. The van der Waals surface area contributed by atoms with Gasteiger partial charge in [-0.2, -0.15) is 0 Å². The van der Waals surface area contributed by atoms with E-state index in [1.807, 2.05) is 11.0 Å². The number of halogens is 2. The molecule has 0 bridgehead atoms. The number of carbonyl (C=O) groups excluding carboxylic acids is 2. The van der Waals surface area contributed by atoms with Crippen molar-refractivity contribution in [2.75, 3.05) is 49.1 Å². The van der Waals surface area contributed by atoms with Crippen LogP contribution in [0.3, 0.4) is 0 Å². The molecule has 0 radical (unpaired) electrons. The summed E-state index contributed by atoms with van der Waals surface area (Å²) in [6.07, 6.45) is 0.708. The Kier molecular flexibility index (Phi) is 8.89. The molecule has 11 heteroatoms. The monoisotopic (exact) mass is 646 g/mol. The molecule has 2 amide bonds. The van der Waals surface area contributed by atoms with Crippen LogP contribution < -0.4 is 15.1 Å². The Morgan fingerprint density at radius 2 is 1.60 bits per heavy atom. The van der Waals surface area contributed by atoms with Gasteiger partial charge in [-0.3, -0.25) is 14.5 Å². The van der Waals surface area contributed by atoms with Crippen LogP contribution in [0.25, 0.3) is 0 Å². The van der Waals surface area contributed by atoms with Crippen LogP contribution in [-0.2, 0) is 16.4 Å². The van der Waals surface area contributed by atoms with Gasteiger partial charge < -0.3 is 15.1 Å². The lowest BCUT2D eigenvalue weighted by Gasteiger charge is -2.36. The molecule has 0 spiro atoms. The van der Waals surface area contributed by atoms with Crippen LogP contribution >= 0.6 is 11.6 Å². The predicted octanol–water partition coefficient (Wildman–Crippen LogP) is 5.41. The van der Waals surface area contributed by atoms with Crippen molar-refractivity contribution in [2.45, 2.75) is 22.8 Å². The van der Waals surface area contributed by atoms with E-state index in [9.17, 15) is 22.4 Å². The van der Waals surface area contributed by atoms with Gasteiger partial charge in [0.1, 0.15) is 5.82 Å². The number of rotatable bonds is 8. The summed E-state index contributed by atoms with van der Waals surface area (Å²) in [5.41, 5.74) is 1.78. The standard InChI is InChI=1S/C34H32ClFN4O4S/c35-26-8-5-7-24(21-26)23-40-30-22-25(13-14-32(30)45(43,44)31-12-4-1-9-27(31)34(40)42)33(41)37-15-6-16-38-17-19-39(20-18-38)29-11-3-2-10-28(29)36/h1-5,7-14,21-22H,6,15-20,23H2,(H,37,41). The topological polar surface area (TPSA) is 90.0 Å². The molecule has 2 aliphatic rings. The largest absolute Gasteiger partial charge is 0.367 e. The van der Waals surface area contributed by atoms with E-state index in [2.05, 4.69) is 10.2 Å². The second-order valence-electron chi connectivity index (χ2n) is 11.1. The zero-order valence-electron chi connectivity index (χ0n) is 24.5. The predicted molar refractivity (Wildman–Crippen MR) is 172 cm³/mol. The van der Waals surface area contributed by atoms with Crippen LogP contribution in [0.5, 0.6) is 0 Å². The first kappa shape index (κ1) is 30.8. The number of anilines is 2. The fourth-order valence-electron chi connectivity index (χ4n) is 5.85. The summed E-state index contributed by atoms with van der Waals surface area (Å²) in [6.45, 7) is 4.28. The van der Waals surface area contributed by atoms with Crippen LogP contribution in [0.1, 0.15) is 32.7 Å². The summed E-state index contributed by atoms with van der Waals surface area (Å²) in [6, 6.07) is 24.3. The number of hydrogen-bond donors (Lipinski definition) is 1. The zero-order valence-corrected chi connectivity index (χ0v) is 26.0. The number of benzene rings is 4. The van der Waals surface area contributed by atoms with Crippen molar-refractivity contribution in [3.05, 3.63) is 119 Å². The molecule has 8 nitrogen and oxygen atoms in total. The molecule has 0 atom stereocenters. The van der Waals surface area contributed by atoms with Gasteiger partial charge in [0.15, 0.2) is 0 Å². The van der Waals surface area contributed by atoms with Gasteiger partial charge in [0.2, 0.25) is 9.84 Å². The second kappa shape index (κ2) is 13.0. The van der Waals surface area contributed by atoms with E-state index in [1.54, 1.807) is 48.5 Å². The maximum absolute atomic E-state index is 14.2. The molecule has 4 aromatic carbocycles. The zero-order chi connectivity index (χ0) is 31.6. The fraction of sp³-hybridized carbons (Fsp3) is 0.235. The lowest BCUT2D eigenvalue weighted by molar-refractivity contribution is 0.0948. The molecule has 0 saturated carbocycles. The molecule has 45 heavy (non-hydrogen) atoms. The molecule has 1 fully saturated rings. The molecule has 0 unspecified atom stereocenters. The third-order valence-corrected chi connectivity index (χ3v) is 10.3. The Morgan fingerprint density at radius 3 is 2.38 bits per heavy atom. The number of sulfone groups is 1. The average Bonchev–Trinajstić information content (AvgIpc) is 3.11. The molecule has 1 saturated heterocycles. The Balaban J connectivity index is 1.15. The number of nitrogens with zero attached hydrogens (tertiary/aromatic N) is 3. The molecule has 2 heterocycles. The Bertz CT molecular complexity index is 1860. The number of amides is 2. The highest BCUT2D eigenvalue weighted by atomic mass is 35.5. The number of hydrogen-bond acceptors (Lipinski definition) is 6. The van der Waals surface area contributed by atoms with E-state index in [1.165, 1.54) is 41.3 Å². The van der Waals surface area contributed by atoms with E-state index in [-0.39, 0.29) is 44.9 Å². The van der Waals surface area contributed by atoms with E-state index in [4.69, 9.17) is 11.6 Å². The van der Waals surface area contributed by atoms with E-state index in [0.29, 0.717) is 29.2 Å². The number of nitrogens with one attached hydrogen (secondary N) is 1. The Morgan fingerprint density at radius 1 is 0.844 bits per heavy atom. The average molecular weight is 647 g/mol. The van der Waals surface area contributed by atoms with E-state index >= 15 is 0 Å². The molecule has 0 aromatic heterocycles. The number of carbonyl (C=O) groups is 2. The minimum atomic E-state index is -4.05. The molecular formula is C34H32ClFN4O4S. The number of fused-ring (bicyclic) bond motifs is 2. The second-order valence-corrected chi connectivity index (χ2v) is 13.4.